The summed E-state index contributed by atoms with van der Waals surface area (Å²) in [6, 6.07) is -0.548. The second-order valence-corrected chi connectivity index (χ2v) is 3.14. The molecule has 4 nitrogen and oxygen atoms in total. The van der Waals surface area contributed by atoms with Crippen LogP contribution >= 0.6 is 0 Å². The molecule has 0 aliphatic heterocycles. The molecule has 0 amide bonds. The molecule has 0 bridgehead atoms. The molecule has 0 heterocycles. The minimum Gasteiger partial charge on any atom is -0.505 e. The Labute approximate surface area is 93.8 Å². The van der Waals surface area contributed by atoms with E-state index in [9.17, 15) is 18.0 Å². The van der Waals surface area contributed by atoms with Gasteiger partial charge in [0.2, 0.25) is 0 Å². The molecule has 0 aliphatic rings. The molecule has 0 aromatic heterocycles. The number of aliphatic carboxylic acids is 1. The van der Waals surface area contributed by atoms with Gasteiger partial charge in [-0.3, -0.25) is 4.79 Å². The summed E-state index contributed by atoms with van der Waals surface area (Å²) in [4.78, 5) is 10.5. The maximum atomic E-state index is 13.4. The number of carbonyl (C=O) groups is 1. The van der Waals surface area contributed by atoms with Crippen LogP contribution in [0.5, 0.6) is 5.75 Å². The van der Waals surface area contributed by atoms with Crippen molar-refractivity contribution in [2.45, 2.75) is 6.04 Å². The number of nitrogens with two attached hydrogens (primary N) is 1. The number of carboxylic acid groups (broad SMARTS) is 1. The highest BCUT2D eigenvalue weighted by atomic mass is 19.1. The third-order valence-corrected chi connectivity index (χ3v) is 2.08. The fraction of sp³-hybridized carbons (Fsp3) is 0.100. The van der Waals surface area contributed by atoms with E-state index in [-0.39, 0.29) is 6.33 Å². The topological polar surface area (TPSA) is 83.6 Å². The lowest BCUT2D eigenvalue weighted by atomic mass is 9.99. The van der Waals surface area contributed by atoms with Crippen molar-refractivity contribution < 1.29 is 28.2 Å². The monoisotopic (exact) mass is 247 g/mol. The maximum absolute atomic E-state index is 13.4. The first-order valence-corrected chi connectivity index (χ1v) is 4.36. The smallest absolute Gasteiger partial charge is 0.325 e. The molecule has 0 saturated heterocycles. The number of carboxylic acids is 1. The summed E-state index contributed by atoms with van der Waals surface area (Å²) in [5.41, 5.74) is 3.17. The van der Waals surface area contributed by atoms with Gasteiger partial charge in [0.1, 0.15) is 11.9 Å². The fourth-order valence-electron chi connectivity index (χ4n) is 1.22. The Bertz CT molecular complexity index is 488. The molecule has 0 radical (unpaired) electrons. The minimum absolute atomic E-state index is 0.306. The van der Waals surface area contributed by atoms with Crippen LogP contribution in [-0.4, -0.2) is 22.2 Å². The first kappa shape index (κ1) is 13.0. The zero-order chi connectivity index (χ0) is 13.2. The summed E-state index contributed by atoms with van der Waals surface area (Å²) in [5, 5.41) is 17.6. The molecule has 0 spiro atoms. The Kier molecular flexibility index (Phi) is 3.74. The number of phenolic OH excluding ortho intramolecular Hbond substituents is 1. The number of halogens is 3. The average Bonchev–Trinajstić information content (AvgIpc) is 2.28. The van der Waals surface area contributed by atoms with Crippen molar-refractivity contribution >= 4 is 11.5 Å². The maximum Gasteiger partial charge on any atom is 0.325 e. The van der Waals surface area contributed by atoms with Gasteiger partial charge in [0.15, 0.2) is 11.6 Å². The zero-order valence-corrected chi connectivity index (χ0v) is 8.32. The highest BCUT2D eigenvalue weighted by Gasteiger charge is 2.26. The quantitative estimate of drug-likeness (QED) is 0.753. The number of benzene rings is 1. The standard InChI is InChI=1S/C10H8F3NO3/c11-3-4(9(14)10(16)17)7-5(12)1-2-6(15)8(7)13/h1-3,9,15H,14H2,(H,16,17)/b4-3-/t9-/m0/s1. The van der Waals surface area contributed by atoms with Crippen LogP contribution < -0.4 is 5.73 Å². The van der Waals surface area contributed by atoms with Crippen molar-refractivity contribution in [2.75, 3.05) is 0 Å². The van der Waals surface area contributed by atoms with Crippen molar-refractivity contribution in [2.24, 2.45) is 5.73 Å². The summed E-state index contributed by atoms with van der Waals surface area (Å²) < 4.78 is 39.2. The van der Waals surface area contributed by atoms with Gasteiger partial charge in [-0.2, -0.15) is 0 Å². The number of rotatable bonds is 3. The minimum atomic E-state index is -1.94. The second kappa shape index (κ2) is 4.88. The predicted molar refractivity (Wildman–Crippen MR) is 52.7 cm³/mol. The SMILES string of the molecule is N[C@H](C(=O)O)/C(=C\F)c1c(F)ccc(O)c1F. The number of aromatic hydroxyl groups is 1. The first-order chi connectivity index (χ1) is 7.90. The van der Waals surface area contributed by atoms with E-state index in [0.29, 0.717) is 6.07 Å². The van der Waals surface area contributed by atoms with Crippen LogP contribution in [0.2, 0.25) is 0 Å². The Morgan fingerprint density at radius 3 is 2.47 bits per heavy atom. The molecular weight excluding hydrogens is 239 g/mol. The Morgan fingerprint density at radius 1 is 1.41 bits per heavy atom. The van der Waals surface area contributed by atoms with Crippen molar-refractivity contribution in [3.8, 4) is 5.75 Å². The molecule has 1 rings (SSSR count). The van der Waals surface area contributed by atoms with Gasteiger partial charge >= 0.3 is 5.97 Å². The molecule has 1 atom stereocenters. The number of phenols is 1. The largest absolute Gasteiger partial charge is 0.505 e. The summed E-state index contributed by atoms with van der Waals surface area (Å²) >= 11 is 0. The van der Waals surface area contributed by atoms with Crippen molar-refractivity contribution in [1.82, 2.24) is 0 Å². The summed E-state index contributed by atoms with van der Waals surface area (Å²) in [6.07, 6.45) is -0.306. The third kappa shape index (κ3) is 2.39. The van der Waals surface area contributed by atoms with Gasteiger partial charge < -0.3 is 15.9 Å². The molecule has 1 aromatic rings. The van der Waals surface area contributed by atoms with Gasteiger partial charge in [-0.25, -0.2) is 13.2 Å². The number of hydrogen-bond acceptors (Lipinski definition) is 3. The molecule has 92 valence electrons. The predicted octanol–water partition coefficient (Wildman–Crippen LogP) is 1.39. The molecule has 1 aromatic carbocycles. The molecule has 0 saturated carbocycles. The van der Waals surface area contributed by atoms with Gasteiger partial charge in [-0.05, 0) is 12.1 Å². The average molecular weight is 247 g/mol. The molecule has 0 aliphatic carbocycles. The van der Waals surface area contributed by atoms with E-state index in [1.807, 2.05) is 0 Å². The lowest BCUT2D eigenvalue weighted by molar-refractivity contribution is -0.137. The molecule has 7 heteroatoms. The lowest BCUT2D eigenvalue weighted by Crippen LogP contribution is -2.32. The van der Waals surface area contributed by atoms with Crippen LogP contribution in [0.1, 0.15) is 5.56 Å². The first-order valence-electron chi connectivity index (χ1n) is 4.36. The molecule has 0 fully saturated rings. The van der Waals surface area contributed by atoms with E-state index in [1.165, 1.54) is 0 Å². The van der Waals surface area contributed by atoms with E-state index >= 15 is 0 Å². The Morgan fingerprint density at radius 2 is 2.00 bits per heavy atom. The summed E-state index contributed by atoms with van der Waals surface area (Å²) in [6.45, 7) is 0. The Hall–Kier alpha value is -2.02. The zero-order valence-electron chi connectivity index (χ0n) is 8.32. The van der Waals surface area contributed by atoms with Crippen LogP contribution in [-0.2, 0) is 4.79 Å². The highest BCUT2D eigenvalue weighted by molar-refractivity contribution is 5.91. The molecule has 4 N–H and O–H groups in total. The van der Waals surface area contributed by atoms with E-state index in [1.54, 1.807) is 0 Å². The van der Waals surface area contributed by atoms with E-state index < -0.39 is 40.5 Å². The van der Waals surface area contributed by atoms with Gasteiger partial charge in [-0.15, -0.1) is 0 Å². The number of hydrogen-bond donors (Lipinski definition) is 3. The van der Waals surface area contributed by atoms with Crippen LogP contribution in [0.4, 0.5) is 13.2 Å². The molecule has 17 heavy (non-hydrogen) atoms. The van der Waals surface area contributed by atoms with E-state index in [2.05, 4.69) is 0 Å². The van der Waals surface area contributed by atoms with Crippen molar-refractivity contribution in [3.63, 3.8) is 0 Å². The lowest BCUT2D eigenvalue weighted by Gasteiger charge is -2.12. The Balaban J connectivity index is 3.41. The van der Waals surface area contributed by atoms with Crippen molar-refractivity contribution in [3.05, 3.63) is 35.7 Å². The summed E-state index contributed by atoms with van der Waals surface area (Å²) in [5.74, 6) is -5.28. The molecule has 0 unspecified atom stereocenters. The van der Waals surface area contributed by atoms with Crippen molar-refractivity contribution in [1.29, 1.82) is 0 Å². The van der Waals surface area contributed by atoms with Gasteiger partial charge in [-0.1, -0.05) is 0 Å². The normalized spacial score (nSPS) is 13.5. The highest BCUT2D eigenvalue weighted by Crippen LogP contribution is 2.29. The van der Waals surface area contributed by atoms with Crippen LogP contribution in [0, 0.1) is 11.6 Å². The fourth-order valence-corrected chi connectivity index (χ4v) is 1.22. The van der Waals surface area contributed by atoms with E-state index in [0.717, 1.165) is 6.07 Å². The molecular formula is C10H8F3NO3. The van der Waals surface area contributed by atoms with E-state index in [4.69, 9.17) is 15.9 Å². The second-order valence-electron chi connectivity index (χ2n) is 3.14. The van der Waals surface area contributed by atoms with Crippen LogP contribution in [0.25, 0.3) is 5.57 Å². The van der Waals surface area contributed by atoms with Gasteiger partial charge in [0.25, 0.3) is 0 Å². The summed E-state index contributed by atoms with van der Waals surface area (Å²) in [7, 11) is 0. The van der Waals surface area contributed by atoms with Crippen LogP contribution in [0.3, 0.4) is 0 Å². The van der Waals surface area contributed by atoms with Crippen LogP contribution in [0.15, 0.2) is 18.5 Å². The van der Waals surface area contributed by atoms with Gasteiger partial charge in [0.05, 0.1) is 11.9 Å². The third-order valence-electron chi connectivity index (χ3n) is 2.08. The van der Waals surface area contributed by atoms with Gasteiger partial charge in [0, 0.05) is 5.57 Å².